The van der Waals surface area contributed by atoms with Crippen molar-refractivity contribution in [2.45, 2.75) is 32.6 Å². The summed E-state index contributed by atoms with van der Waals surface area (Å²) in [5, 5.41) is 1.23. The Labute approximate surface area is 175 Å². The van der Waals surface area contributed by atoms with Crippen LogP contribution < -0.4 is 0 Å². The van der Waals surface area contributed by atoms with E-state index in [2.05, 4.69) is 31.2 Å². The van der Waals surface area contributed by atoms with Gasteiger partial charge in [-0.2, -0.15) is 0 Å². The van der Waals surface area contributed by atoms with Gasteiger partial charge in [-0.25, -0.2) is 13.2 Å². The van der Waals surface area contributed by atoms with Gasteiger partial charge in [-0.05, 0) is 59.0 Å². The molecular weight excluding hydrogens is 381 g/mol. The van der Waals surface area contributed by atoms with Crippen LogP contribution in [0.5, 0.6) is 0 Å². The Kier molecular flexibility index (Phi) is 5.89. The average molecular weight is 404 g/mol. The zero-order chi connectivity index (χ0) is 21.1. The minimum atomic E-state index is -0.720. The Balaban J connectivity index is 1.56. The first kappa shape index (κ1) is 20.2. The lowest BCUT2D eigenvalue weighted by molar-refractivity contribution is 0.583. The van der Waals surface area contributed by atoms with Gasteiger partial charge in [-0.15, -0.1) is 0 Å². The first-order valence-corrected chi connectivity index (χ1v) is 10.3. The lowest BCUT2D eigenvalue weighted by Gasteiger charge is -2.10. The van der Waals surface area contributed by atoms with Gasteiger partial charge in [0.1, 0.15) is 17.5 Å². The maximum Gasteiger partial charge on any atom is 0.138 e. The maximum atomic E-state index is 15.1. The molecule has 30 heavy (non-hydrogen) atoms. The van der Waals surface area contributed by atoms with Crippen molar-refractivity contribution in [2.75, 3.05) is 0 Å². The Morgan fingerprint density at radius 2 is 1.20 bits per heavy atom. The normalized spacial score (nSPS) is 11.2. The summed E-state index contributed by atoms with van der Waals surface area (Å²) in [6.07, 6.45) is 4.02. The van der Waals surface area contributed by atoms with Crippen LogP contribution in [0.25, 0.3) is 21.9 Å². The highest BCUT2D eigenvalue weighted by Gasteiger charge is 2.12. The number of hydrogen-bond donors (Lipinski definition) is 0. The molecule has 0 aliphatic heterocycles. The Morgan fingerprint density at radius 1 is 0.600 bits per heavy atom. The Morgan fingerprint density at radius 3 is 1.87 bits per heavy atom. The first-order valence-electron chi connectivity index (χ1n) is 10.3. The van der Waals surface area contributed by atoms with Crippen LogP contribution in [0.3, 0.4) is 0 Å². The number of halogens is 3. The quantitative estimate of drug-likeness (QED) is 0.309. The van der Waals surface area contributed by atoms with Crippen molar-refractivity contribution in [1.29, 1.82) is 0 Å². The monoisotopic (exact) mass is 404 g/mol. The van der Waals surface area contributed by atoms with Gasteiger partial charge < -0.3 is 0 Å². The number of fused-ring (bicyclic) bond motifs is 1. The predicted molar refractivity (Wildman–Crippen MR) is 117 cm³/mol. The summed E-state index contributed by atoms with van der Waals surface area (Å²) in [6, 6.07) is 20.9. The average Bonchev–Trinajstić information content (AvgIpc) is 2.73. The van der Waals surface area contributed by atoms with Gasteiger partial charge in [-0.1, -0.05) is 67.9 Å². The van der Waals surface area contributed by atoms with E-state index in [1.807, 2.05) is 12.1 Å². The molecule has 0 aliphatic rings. The molecule has 0 amide bonds. The standard InChI is InChI=1S/C27H23F3/c1-2-3-18-4-6-19(7-5-18)8-9-20-10-12-25-21(14-20)11-13-26(27(25)30)22-15-23(28)17-24(29)16-22/h4-7,10-17H,2-3,8-9H2,1H3. The second kappa shape index (κ2) is 8.74. The van der Waals surface area contributed by atoms with Gasteiger partial charge in [0.05, 0.1) is 0 Å². The molecule has 4 rings (SSSR count). The SMILES string of the molecule is CCCc1ccc(CCc2ccc3c(F)c(-c4cc(F)cc(F)c4)ccc3c2)cc1. The van der Waals surface area contributed by atoms with Gasteiger partial charge in [0.25, 0.3) is 0 Å². The third kappa shape index (κ3) is 4.40. The van der Waals surface area contributed by atoms with Crippen LogP contribution in [0.15, 0.2) is 72.8 Å². The number of rotatable bonds is 6. The summed E-state index contributed by atoms with van der Waals surface area (Å²) in [6.45, 7) is 2.18. The molecule has 0 spiro atoms. The van der Waals surface area contributed by atoms with E-state index >= 15 is 4.39 Å². The molecular formula is C27H23F3. The van der Waals surface area contributed by atoms with E-state index in [0.717, 1.165) is 54.8 Å². The zero-order valence-electron chi connectivity index (χ0n) is 16.9. The Bertz CT molecular complexity index is 1160. The number of aryl methyl sites for hydroxylation is 3. The summed E-state index contributed by atoms with van der Waals surface area (Å²) in [7, 11) is 0. The van der Waals surface area contributed by atoms with Crippen molar-refractivity contribution in [1.82, 2.24) is 0 Å². The number of hydrogen-bond acceptors (Lipinski definition) is 0. The van der Waals surface area contributed by atoms with Crippen molar-refractivity contribution in [2.24, 2.45) is 0 Å². The molecule has 0 atom stereocenters. The molecule has 4 aromatic carbocycles. The van der Waals surface area contributed by atoms with Gasteiger partial charge in [-0.3, -0.25) is 0 Å². The molecule has 3 heteroatoms. The van der Waals surface area contributed by atoms with E-state index < -0.39 is 17.5 Å². The minimum absolute atomic E-state index is 0.195. The summed E-state index contributed by atoms with van der Waals surface area (Å²) in [4.78, 5) is 0. The molecule has 0 radical (unpaired) electrons. The fourth-order valence-electron chi connectivity index (χ4n) is 3.88. The smallest absolute Gasteiger partial charge is 0.138 e. The molecule has 0 N–H and O–H groups in total. The van der Waals surface area contributed by atoms with E-state index in [-0.39, 0.29) is 11.1 Å². The van der Waals surface area contributed by atoms with Crippen molar-refractivity contribution >= 4 is 10.8 Å². The summed E-state index contributed by atoms with van der Waals surface area (Å²) in [5.74, 6) is -1.90. The zero-order valence-corrected chi connectivity index (χ0v) is 16.9. The van der Waals surface area contributed by atoms with E-state index in [4.69, 9.17) is 0 Å². The minimum Gasteiger partial charge on any atom is -0.207 e. The van der Waals surface area contributed by atoms with Crippen molar-refractivity contribution in [3.05, 3.63) is 107 Å². The van der Waals surface area contributed by atoms with Crippen LogP contribution in [-0.2, 0) is 19.3 Å². The van der Waals surface area contributed by atoms with Gasteiger partial charge in [0.15, 0.2) is 0 Å². The summed E-state index contributed by atoms with van der Waals surface area (Å²) >= 11 is 0. The topological polar surface area (TPSA) is 0 Å². The molecule has 0 aliphatic carbocycles. The maximum absolute atomic E-state index is 15.1. The molecule has 0 heterocycles. The molecule has 0 nitrogen and oxygen atoms in total. The molecule has 0 saturated heterocycles. The molecule has 0 aromatic heterocycles. The second-order valence-corrected chi connectivity index (χ2v) is 7.71. The van der Waals surface area contributed by atoms with Crippen LogP contribution in [0.4, 0.5) is 13.2 Å². The van der Waals surface area contributed by atoms with E-state index in [0.29, 0.717) is 5.39 Å². The van der Waals surface area contributed by atoms with Crippen LogP contribution in [0.2, 0.25) is 0 Å². The lowest BCUT2D eigenvalue weighted by atomic mass is 9.97. The molecule has 4 aromatic rings. The fraction of sp³-hybridized carbons (Fsp3) is 0.185. The molecule has 0 saturated carbocycles. The van der Waals surface area contributed by atoms with Gasteiger partial charge in [0, 0.05) is 17.0 Å². The van der Waals surface area contributed by atoms with E-state index in [1.165, 1.54) is 11.1 Å². The van der Waals surface area contributed by atoms with Crippen molar-refractivity contribution < 1.29 is 13.2 Å². The lowest BCUT2D eigenvalue weighted by Crippen LogP contribution is -1.94. The number of benzene rings is 4. The summed E-state index contributed by atoms with van der Waals surface area (Å²) < 4.78 is 42.1. The molecule has 152 valence electrons. The highest BCUT2D eigenvalue weighted by atomic mass is 19.1. The second-order valence-electron chi connectivity index (χ2n) is 7.71. The van der Waals surface area contributed by atoms with Crippen LogP contribution in [0, 0.1) is 17.5 Å². The first-order chi connectivity index (χ1) is 14.5. The van der Waals surface area contributed by atoms with Crippen molar-refractivity contribution in [3.8, 4) is 11.1 Å². The van der Waals surface area contributed by atoms with Crippen LogP contribution in [-0.4, -0.2) is 0 Å². The molecule has 0 fully saturated rings. The predicted octanol–water partition coefficient (Wildman–Crippen LogP) is 7.66. The Hall–Kier alpha value is -3.07. The van der Waals surface area contributed by atoms with E-state index in [9.17, 15) is 8.78 Å². The molecule has 0 unspecified atom stereocenters. The third-order valence-corrected chi connectivity index (χ3v) is 5.46. The van der Waals surface area contributed by atoms with Crippen LogP contribution >= 0.6 is 0 Å². The van der Waals surface area contributed by atoms with E-state index in [1.54, 1.807) is 18.2 Å². The highest BCUT2D eigenvalue weighted by molar-refractivity contribution is 5.88. The van der Waals surface area contributed by atoms with Crippen molar-refractivity contribution in [3.63, 3.8) is 0 Å². The largest absolute Gasteiger partial charge is 0.207 e. The van der Waals surface area contributed by atoms with Gasteiger partial charge >= 0.3 is 0 Å². The summed E-state index contributed by atoms with van der Waals surface area (Å²) in [5.41, 5.74) is 4.16. The van der Waals surface area contributed by atoms with Gasteiger partial charge in [0.2, 0.25) is 0 Å². The highest BCUT2D eigenvalue weighted by Crippen LogP contribution is 2.30. The fourth-order valence-corrected chi connectivity index (χ4v) is 3.88. The third-order valence-electron chi connectivity index (χ3n) is 5.46. The molecule has 0 bridgehead atoms. The van der Waals surface area contributed by atoms with Crippen LogP contribution in [0.1, 0.15) is 30.0 Å².